The minimum absolute atomic E-state index is 0.223. The molecule has 1 amide bonds. The van der Waals surface area contributed by atoms with E-state index in [-0.39, 0.29) is 28.1 Å². The number of nitrogens with zero attached hydrogens (tertiary/aromatic N) is 2. The second-order valence-corrected chi connectivity index (χ2v) is 11.4. The summed E-state index contributed by atoms with van der Waals surface area (Å²) in [6.45, 7) is 0. The Hall–Kier alpha value is -5.11. The Morgan fingerprint density at radius 1 is 0.816 bits per heavy atom. The van der Waals surface area contributed by atoms with E-state index in [1.54, 1.807) is 121 Å². The van der Waals surface area contributed by atoms with Crippen molar-refractivity contribution in [2.24, 2.45) is 0 Å². The molecular formula is C37H33F2N3O7. The lowest BCUT2D eigenvalue weighted by Crippen LogP contribution is -2.67. The van der Waals surface area contributed by atoms with Crippen molar-refractivity contribution >= 4 is 11.7 Å². The van der Waals surface area contributed by atoms with E-state index < -0.39 is 46.8 Å². The van der Waals surface area contributed by atoms with Gasteiger partial charge in [0, 0.05) is 26.0 Å². The van der Waals surface area contributed by atoms with Gasteiger partial charge in [-0.1, -0.05) is 109 Å². The lowest BCUT2D eigenvalue weighted by molar-refractivity contribution is -0.396. The van der Waals surface area contributed by atoms with Gasteiger partial charge in [0.05, 0.1) is 5.41 Å². The van der Waals surface area contributed by atoms with Gasteiger partial charge in [-0.25, -0.2) is 4.79 Å². The number of aliphatic hydroxyl groups is 2. The Kier molecular flexibility index (Phi) is 9.01. The first-order chi connectivity index (χ1) is 23.6. The molecule has 1 fully saturated rings. The number of carbonyl (C=O) groups is 1. The van der Waals surface area contributed by atoms with E-state index in [4.69, 9.17) is 14.2 Å². The van der Waals surface area contributed by atoms with Crippen molar-refractivity contribution in [2.45, 2.75) is 35.2 Å². The molecule has 3 N–H and O–H groups in total. The Morgan fingerprint density at radius 2 is 1.27 bits per heavy atom. The molecule has 4 aromatic carbocycles. The summed E-state index contributed by atoms with van der Waals surface area (Å²) in [5.74, 6) is -8.12. The Bertz CT molecular complexity index is 1860. The maximum Gasteiger partial charge on any atom is 0.352 e. The van der Waals surface area contributed by atoms with Crippen molar-refractivity contribution in [3.05, 3.63) is 166 Å². The zero-order valence-corrected chi connectivity index (χ0v) is 26.4. The first-order valence-electron chi connectivity index (χ1n) is 15.3. The number of hydrogen-bond acceptors (Lipinski definition) is 8. The minimum Gasteiger partial charge on any atom is -0.384 e. The number of nitrogens with one attached hydrogen (secondary N) is 1. The van der Waals surface area contributed by atoms with Crippen LogP contribution in [-0.2, 0) is 25.4 Å². The van der Waals surface area contributed by atoms with Crippen LogP contribution in [0.1, 0.15) is 27.0 Å². The Labute approximate surface area is 280 Å². The van der Waals surface area contributed by atoms with Crippen LogP contribution in [0.4, 0.5) is 14.6 Å². The van der Waals surface area contributed by atoms with Crippen LogP contribution in [0.15, 0.2) is 138 Å². The minimum atomic E-state index is -4.41. The highest BCUT2D eigenvalue weighted by molar-refractivity contribution is 6.03. The summed E-state index contributed by atoms with van der Waals surface area (Å²) in [6, 6.07) is 33.9. The monoisotopic (exact) mass is 669 g/mol. The third-order valence-corrected chi connectivity index (χ3v) is 8.90. The number of alkyl halides is 2. The average Bonchev–Trinajstić information content (AvgIpc) is 3.35. The van der Waals surface area contributed by atoms with E-state index >= 15 is 8.78 Å². The number of anilines is 1. The van der Waals surface area contributed by atoms with Gasteiger partial charge in [-0.15, -0.1) is 0 Å². The lowest BCUT2D eigenvalue weighted by Gasteiger charge is -2.51. The highest BCUT2D eigenvalue weighted by Crippen LogP contribution is 2.63. The molecule has 6 rings (SSSR count). The van der Waals surface area contributed by atoms with E-state index in [0.717, 1.165) is 20.4 Å². The van der Waals surface area contributed by atoms with Crippen molar-refractivity contribution < 1.29 is 38.0 Å². The van der Waals surface area contributed by atoms with Crippen LogP contribution >= 0.6 is 0 Å². The third kappa shape index (κ3) is 5.25. The molecule has 252 valence electrons. The number of hydrogen-bond donors (Lipinski definition) is 3. The summed E-state index contributed by atoms with van der Waals surface area (Å²) in [4.78, 5) is 31.2. The maximum atomic E-state index is 17.8. The fourth-order valence-electron chi connectivity index (χ4n) is 6.69. The number of amides is 1. The van der Waals surface area contributed by atoms with E-state index in [1.165, 1.54) is 6.07 Å². The van der Waals surface area contributed by atoms with Gasteiger partial charge in [0.1, 0.15) is 5.82 Å². The SMILES string of the molecule is COC(O)(OC)[C@H]1O[C@](n2ccc(NC(=O)c3ccccc3)nc2=O)(C(c2ccccc2)(c2ccccc2)c2ccccc2)C(F)(F)[C@@H]1O. The van der Waals surface area contributed by atoms with Gasteiger partial charge in [0.25, 0.3) is 5.91 Å². The standard InChI is InChI=1S/C37H33F2N3O7/c1-47-36(46,48-2)31-30(43)35(38,39)37(49-31,42-24-23-29(41-33(42)45)40-32(44)25-15-7-3-8-16-25)34(26-17-9-4-10-18-26,27-19-11-5-12-20-27)28-21-13-6-14-22-28/h3-24,30-31,43,46H,1-2H3,(H,40,41,44,45)/t30-,31+,37-/m1/s1. The van der Waals surface area contributed by atoms with Crippen molar-refractivity contribution in [3.63, 3.8) is 0 Å². The van der Waals surface area contributed by atoms with Crippen molar-refractivity contribution in [1.82, 2.24) is 9.55 Å². The number of aromatic nitrogens is 2. The quantitative estimate of drug-likeness (QED) is 0.146. The van der Waals surface area contributed by atoms with Crippen LogP contribution in [0.3, 0.4) is 0 Å². The largest absolute Gasteiger partial charge is 0.384 e. The summed E-state index contributed by atoms with van der Waals surface area (Å²) in [7, 11) is 1.99. The summed E-state index contributed by atoms with van der Waals surface area (Å²) in [5, 5.41) is 25.3. The molecule has 0 spiro atoms. The van der Waals surface area contributed by atoms with Gasteiger partial charge < -0.3 is 29.7 Å². The van der Waals surface area contributed by atoms with Crippen molar-refractivity contribution in [3.8, 4) is 0 Å². The van der Waals surface area contributed by atoms with E-state index in [2.05, 4.69) is 10.3 Å². The Balaban J connectivity index is 1.72. The molecule has 1 aliphatic heterocycles. The molecule has 0 bridgehead atoms. The number of aliphatic hydroxyl groups excluding tert-OH is 1. The highest BCUT2D eigenvalue weighted by atomic mass is 19.3. The summed E-state index contributed by atoms with van der Waals surface area (Å²) in [6.07, 6.45) is -4.07. The molecule has 3 atom stereocenters. The maximum absolute atomic E-state index is 17.8. The summed E-state index contributed by atoms with van der Waals surface area (Å²) in [5.41, 5.74) is -5.64. The van der Waals surface area contributed by atoms with Gasteiger partial charge in [-0.2, -0.15) is 13.8 Å². The first-order valence-corrected chi connectivity index (χ1v) is 15.3. The Morgan fingerprint density at radius 3 is 1.69 bits per heavy atom. The second kappa shape index (κ2) is 13.1. The van der Waals surface area contributed by atoms with Crippen LogP contribution in [0.25, 0.3) is 0 Å². The number of benzene rings is 4. The topological polar surface area (TPSA) is 132 Å². The first kappa shape index (κ1) is 33.8. The normalized spacial score (nSPS) is 20.5. The van der Waals surface area contributed by atoms with Crippen LogP contribution in [0.2, 0.25) is 0 Å². The number of rotatable bonds is 10. The van der Waals surface area contributed by atoms with E-state index in [9.17, 15) is 19.8 Å². The number of methoxy groups -OCH3 is 2. The smallest absolute Gasteiger partial charge is 0.352 e. The summed E-state index contributed by atoms with van der Waals surface area (Å²) >= 11 is 0. The molecule has 1 aliphatic rings. The van der Waals surface area contributed by atoms with Gasteiger partial charge in [0.15, 0.2) is 12.2 Å². The predicted molar refractivity (Wildman–Crippen MR) is 175 cm³/mol. The zero-order chi connectivity index (χ0) is 34.9. The molecular weight excluding hydrogens is 636 g/mol. The molecule has 0 aliphatic carbocycles. The molecule has 5 aromatic rings. The molecule has 1 aromatic heterocycles. The van der Waals surface area contributed by atoms with Crippen LogP contribution in [-0.4, -0.2) is 64.0 Å². The molecule has 12 heteroatoms. The van der Waals surface area contributed by atoms with E-state index in [0.29, 0.717) is 4.57 Å². The second-order valence-electron chi connectivity index (χ2n) is 11.4. The van der Waals surface area contributed by atoms with Crippen LogP contribution in [0.5, 0.6) is 0 Å². The zero-order valence-electron chi connectivity index (χ0n) is 26.4. The molecule has 0 unspecified atom stereocenters. The number of carbonyl (C=O) groups excluding carboxylic acids is 1. The van der Waals surface area contributed by atoms with Crippen LogP contribution < -0.4 is 11.0 Å². The van der Waals surface area contributed by atoms with Crippen LogP contribution in [0, 0.1) is 0 Å². The number of halogens is 2. The summed E-state index contributed by atoms with van der Waals surface area (Å²) < 4.78 is 52.7. The molecule has 0 saturated carbocycles. The molecule has 0 radical (unpaired) electrons. The van der Waals surface area contributed by atoms with Crippen molar-refractivity contribution in [1.29, 1.82) is 0 Å². The van der Waals surface area contributed by atoms with Gasteiger partial charge >= 0.3 is 17.6 Å². The lowest BCUT2D eigenvalue weighted by atomic mass is 9.60. The van der Waals surface area contributed by atoms with Gasteiger partial charge in [0.2, 0.25) is 5.72 Å². The molecule has 2 heterocycles. The fraction of sp³-hybridized carbons (Fsp3) is 0.216. The fourth-order valence-corrected chi connectivity index (χ4v) is 6.69. The van der Waals surface area contributed by atoms with Gasteiger partial charge in [-0.3, -0.25) is 9.36 Å². The highest BCUT2D eigenvalue weighted by Gasteiger charge is 2.81. The molecule has 10 nitrogen and oxygen atoms in total. The van der Waals surface area contributed by atoms with Gasteiger partial charge in [-0.05, 0) is 34.9 Å². The third-order valence-electron chi connectivity index (χ3n) is 8.90. The number of ether oxygens (including phenoxy) is 3. The van der Waals surface area contributed by atoms with Crippen molar-refractivity contribution in [2.75, 3.05) is 19.5 Å². The van der Waals surface area contributed by atoms with E-state index in [1.807, 2.05) is 0 Å². The molecule has 1 saturated heterocycles. The predicted octanol–water partition coefficient (Wildman–Crippen LogP) is 4.52. The average molecular weight is 670 g/mol. The molecule has 49 heavy (non-hydrogen) atoms.